The average Bonchev–Trinajstić information content (AvgIpc) is 3.14. The molecule has 9 heteroatoms. The number of benzene rings is 4. The van der Waals surface area contributed by atoms with Crippen molar-refractivity contribution in [2.24, 2.45) is 54.4 Å². The lowest BCUT2D eigenvalue weighted by molar-refractivity contribution is -0.140. The number of anilines is 1. The van der Waals surface area contributed by atoms with Gasteiger partial charge in [0.2, 0.25) is 0 Å². The van der Waals surface area contributed by atoms with Gasteiger partial charge in [-0.25, -0.2) is 0 Å². The summed E-state index contributed by atoms with van der Waals surface area (Å²) in [4.78, 5) is 14.9. The Balaban J connectivity index is 0.958. The van der Waals surface area contributed by atoms with Crippen LogP contribution >= 0.6 is 0 Å². The molecule has 0 atom stereocenters. The number of carbonyl (C=O) groups excluding carboxylic acids is 1. The van der Waals surface area contributed by atoms with Crippen LogP contribution in [0.2, 0.25) is 0 Å². The van der Waals surface area contributed by atoms with Crippen molar-refractivity contribution in [3.63, 3.8) is 0 Å². The number of hydrogen-bond donors (Lipinski definition) is 0. The summed E-state index contributed by atoms with van der Waals surface area (Å²) in [6.45, 7) is 4.35. The first-order chi connectivity index (χ1) is 24.3. The molecule has 2 saturated carbocycles. The fourth-order valence-corrected chi connectivity index (χ4v) is 6.92. The van der Waals surface area contributed by atoms with Crippen LogP contribution in [0.1, 0.15) is 63.9 Å². The molecule has 6 rings (SSSR count). The van der Waals surface area contributed by atoms with Crippen LogP contribution in [-0.4, -0.2) is 20.1 Å². The molecule has 9 nitrogen and oxygen atoms in total. The maximum absolute atomic E-state index is 12.9. The Hall–Kier alpha value is -5.05. The number of nitrogens with zero attached hydrogens (tertiary/aromatic N) is 7. The van der Waals surface area contributed by atoms with Gasteiger partial charge in [0, 0.05) is 19.8 Å². The van der Waals surface area contributed by atoms with Crippen molar-refractivity contribution in [2.75, 3.05) is 19.0 Å². The lowest BCUT2D eigenvalue weighted by atomic mass is 9.69. The van der Waals surface area contributed by atoms with Crippen molar-refractivity contribution < 1.29 is 9.53 Å². The number of esters is 1. The zero-order valence-corrected chi connectivity index (χ0v) is 29.6. The van der Waals surface area contributed by atoms with Crippen LogP contribution < -0.4 is 9.64 Å². The highest BCUT2D eigenvalue weighted by molar-refractivity contribution is 5.75. The average molecular weight is 670 g/mol. The Morgan fingerprint density at radius 3 is 1.54 bits per heavy atom. The molecule has 4 aromatic rings. The molecule has 0 N–H and O–H groups in total. The minimum Gasteiger partial charge on any atom is -0.426 e. The van der Waals surface area contributed by atoms with Crippen molar-refractivity contribution in [1.29, 1.82) is 0 Å². The molecule has 0 spiro atoms. The third kappa shape index (κ3) is 9.55. The van der Waals surface area contributed by atoms with Gasteiger partial charge in [0.1, 0.15) is 5.75 Å². The van der Waals surface area contributed by atoms with Gasteiger partial charge in [-0.2, -0.15) is 30.7 Å². The summed E-state index contributed by atoms with van der Waals surface area (Å²) >= 11 is 0. The van der Waals surface area contributed by atoms with E-state index < -0.39 is 0 Å². The van der Waals surface area contributed by atoms with Crippen LogP contribution in [-0.2, 0) is 4.79 Å². The molecule has 0 heterocycles. The number of hydrogen-bond acceptors (Lipinski definition) is 9. The minimum absolute atomic E-state index is 0.000171. The molecule has 0 aliphatic heterocycles. The molecule has 0 amide bonds. The Labute approximate surface area is 295 Å². The van der Waals surface area contributed by atoms with Crippen LogP contribution in [0, 0.1) is 30.6 Å². The van der Waals surface area contributed by atoms with Gasteiger partial charge >= 0.3 is 5.97 Å². The number of carbonyl (C=O) groups is 1. The third-order valence-corrected chi connectivity index (χ3v) is 10.1. The van der Waals surface area contributed by atoms with Crippen molar-refractivity contribution in [3.8, 4) is 5.75 Å². The summed E-state index contributed by atoms with van der Waals surface area (Å²) in [6.07, 6.45) is 9.64. The van der Waals surface area contributed by atoms with Gasteiger partial charge in [-0.15, -0.1) is 0 Å². The molecule has 2 fully saturated rings. The highest BCUT2D eigenvalue weighted by Gasteiger charge is 2.33. The molecule has 0 saturated heterocycles. The first kappa shape index (κ1) is 34.8. The van der Waals surface area contributed by atoms with Gasteiger partial charge in [-0.1, -0.05) is 19.8 Å². The lowest BCUT2D eigenvalue weighted by Gasteiger charge is -2.36. The molecule has 258 valence electrons. The molecule has 0 radical (unpaired) electrons. The Kier molecular flexibility index (Phi) is 11.5. The van der Waals surface area contributed by atoms with E-state index in [-0.39, 0.29) is 11.9 Å². The largest absolute Gasteiger partial charge is 0.426 e. The van der Waals surface area contributed by atoms with Crippen LogP contribution in [0.4, 0.5) is 39.8 Å². The van der Waals surface area contributed by atoms with Gasteiger partial charge < -0.3 is 9.64 Å². The second kappa shape index (κ2) is 16.6. The predicted molar refractivity (Wildman–Crippen MR) is 200 cm³/mol. The molecule has 0 aromatic heterocycles. The fourth-order valence-electron chi connectivity index (χ4n) is 6.92. The van der Waals surface area contributed by atoms with Crippen LogP contribution in [0.5, 0.6) is 5.75 Å². The topological polar surface area (TPSA) is 104 Å². The highest BCUT2D eigenvalue weighted by atomic mass is 16.5. The van der Waals surface area contributed by atoms with Crippen LogP contribution in [0.25, 0.3) is 0 Å². The van der Waals surface area contributed by atoms with E-state index in [1.165, 1.54) is 25.7 Å². The van der Waals surface area contributed by atoms with Crippen LogP contribution in [0.3, 0.4) is 0 Å². The minimum atomic E-state index is -0.108. The van der Waals surface area contributed by atoms with E-state index in [2.05, 4.69) is 37.6 Å². The maximum atomic E-state index is 12.9. The lowest BCUT2D eigenvalue weighted by Crippen LogP contribution is -2.29. The third-order valence-electron chi connectivity index (χ3n) is 10.1. The van der Waals surface area contributed by atoms with E-state index in [4.69, 9.17) is 4.74 Å². The zero-order valence-electron chi connectivity index (χ0n) is 29.6. The molecular formula is C41H47N7O2. The van der Waals surface area contributed by atoms with E-state index in [1.807, 2.05) is 105 Å². The highest BCUT2D eigenvalue weighted by Crippen LogP contribution is 2.41. The second-order valence-electron chi connectivity index (χ2n) is 14.0. The zero-order chi connectivity index (χ0) is 34.9. The normalized spacial score (nSPS) is 21.2. The maximum Gasteiger partial charge on any atom is 0.314 e. The van der Waals surface area contributed by atoms with E-state index in [0.717, 1.165) is 71.8 Å². The summed E-state index contributed by atoms with van der Waals surface area (Å²) < 4.78 is 5.74. The van der Waals surface area contributed by atoms with E-state index in [0.29, 0.717) is 22.8 Å². The number of azo groups is 3. The van der Waals surface area contributed by atoms with E-state index >= 15 is 0 Å². The second-order valence-corrected chi connectivity index (χ2v) is 14.0. The van der Waals surface area contributed by atoms with Gasteiger partial charge in [0.15, 0.2) is 0 Å². The Morgan fingerprint density at radius 1 is 0.580 bits per heavy atom. The summed E-state index contributed by atoms with van der Waals surface area (Å²) in [6, 6.07) is 28.2. The first-order valence-corrected chi connectivity index (χ1v) is 17.8. The van der Waals surface area contributed by atoms with Gasteiger partial charge in [-0.05, 0) is 160 Å². The molecular weight excluding hydrogens is 622 g/mol. The van der Waals surface area contributed by atoms with E-state index in [1.54, 1.807) is 12.1 Å². The van der Waals surface area contributed by atoms with Crippen molar-refractivity contribution in [1.82, 2.24) is 0 Å². The summed E-state index contributed by atoms with van der Waals surface area (Å²) in [5.41, 5.74) is 6.44. The first-order valence-electron chi connectivity index (χ1n) is 17.8. The fraction of sp³-hybridized carbons (Fsp3) is 0.390. The molecule has 0 unspecified atom stereocenters. The van der Waals surface area contributed by atoms with Crippen molar-refractivity contribution in [2.45, 2.75) is 65.2 Å². The number of aryl methyl sites for hydroxylation is 1. The predicted octanol–water partition coefficient (Wildman–Crippen LogP) is 12.8. The monoisotopic (exact) mass is 669 g/mol. The van der Waals surface area contributed by atoms with Crippen molar-refractivity contribution in [3.05, 3.63) is 96.6 Å². The Morgan fingerprint density at radius 2 is 1.02 bits per heavy atom. The molecule has 2 aliphatic carbocycles. The van der Waals surface area contributed by atoms with Crippen LogP contribution in [0.15, 0.2) is 122 Å². The molecule has 0 bridgehead atoms. The molecule has 50 heavy (non-hydrogen) atoms. The standard InChI is InChI=1S/C41H47N7O2/c1-28-5-7-30(8-6-28)31-9-11-32(12-10-31)41(49)50-39-24-19-36(20-25-39)43-42-33-13-15-34(16-14-33)45-47-40-26-21-37(27-29(40)2)46-44-35-17-22-38(23-18-35)48(3)4/h13-28,30-32H,5-12H2,1-4H3. The quantitative estimate of drug-likeness (QED) is 0.0953. The van der Waals surface area contributed by atoms with Gasteiger partial charge in [0.05, 0.1) is 40.0 Å². The van der Waals surface area contributed by atoms with E-state index in [9.17, 15) is 4.79 Å². The number of ether oxygens (including phenoxy) is 1. The van der Waals surface area contributed by atoms with Gasteiger partial charge in [-0.3, -0.25) is 4.79 Å². The summed E-state index contributed by atoms with van der Waals surface area (Å²) in [5.74, 6) is 2.96. The summed E-state index contributed by atoms with van der Waals surface area (Å²) in [7, 11) is 4.01. The summed E-state index contributed by atoms with van der Waals surface area (Å²) in [5, 5.41) is 26.2. The molecule has 4 aromatic carbocycles. The Bertz CT molecular complexity index is 1800. The number of rotatable bonds is 10. The SMILES string of the molecule is Cc1cc(N=Nc2ccc(N(C)C)cc2)ccc1N=Nc1ccc(N=Nc2ccc(OC(=O)C3CCC(C4CCC(C)CC4)CC3)cc2)cc1. The van der Waals surface area contributed by atoms with Crippen molar-refractivity contribution >= 4 is 45.8 Å². The van der Waals surface area contributed by atoms with Gasteiger partial charge in [0.25, 0.3) is 0 Å². The molecule has 2 aliphatic rings. The smallest absolute Gasteiger partial charge is 0.314 e.